The summed E-state index contributed by atoms with van der Waals surface area (Å²) in [6.45, 7) is 2.46. The minimum absolute atomic E-state index is 0.00219. The van der Waals surface area contributed by atoms with Crippen LogP contribution < -0.4 is 5.56 Å². The van der Waals surface area contributed by atoms with E-state index in [0.717, 1.165) is 16.8 Å². The van der Waals surface area contributed by atoms with E-state index in [1.165, 1.54) is 4.90 Å². The summed E-state index contributed by atoms with van der Waals surface area (Å²) in [6.07, 6.45) is 0. The highest BCUT2D eigenvalue weighted by Gasteiger charge is 2.07. The predicted octanol–water partition coefficient (Wildman–Crippen LogP) is 3.50. The Hall–Kier alpha value is -2.07. The maximum absolute atomic E-state index is 12.3. The molecule has 2 aromatic carbocycles. The fourth-order valence-electron chi connectivity index (χ4n) is 2.31. The fraction of sp³-hybridized carbons (Fsp3) is 0.176. The lowest BCUT2D eigenvalue weighted by molar-refractivity contribution is 0.752. The number of nitrogens with zero attached hydrogens (tertiary/aromatic N) is 2. The Balaban J connectivity index is 1.86. The van der Waals surface area contributed by atoms with Crippen molar-refractivity contribution >= 4 is 22.8 Å². The standard InChI is InChI=1S/C17H16N2OS/c1-13-17(20)19(16-10-6-5-9-15(16)18-13)11-12-21-14-7-3-2-4-8-14/h2-10H,11-12H2,1H3. The monoisotopic (exact) mass is 296 g/mol. The van der Waals surface area contributed by atoms with E-state index in [9.17, 15) is 4.79 Å². The fourth-order valence-corrected chi connectivity index (χ4v) is 3.17. The van der Waals surface area contributed by atoms with E-state index in [-0.39, 0.29) is 5.56 Å². The highest BCUT2D eigenvalue weighted by atomic mass is 32.2. The third-order valence-electron chi connectivity index (χ3n) is 3.34. The summed E-state index contributed by atoms with van der Waals surface area (Å²) >= 11 is 1.76. The average Bonchev–Trinajstić information content (AvgIpc) is 2.52. The largest absolute Gasteiger partial charge is 0.304 e. The number of hydrogen-bond acceptors (Lipinski definition) is 3. The molecule has 0 fully saturated rings. The Kier molecular flexibility index (Phi) is 4.06. The van der Waals surface area contributed by atoms with Crippen LogP contribution in [0.15, 0.2) is 64.3 Å². The Morgan fingerprint density at radius 3 is 2.57 bits per heavy atom. The zero-order valence-electron chi connectivity index (χ0n) is 11.8. The van der Waals surface area contributed by atoms with Crippen LogP contribution in [0.5, 0.6) is 0 Å². The number of aryl methyl sites for hydroxylation is 2. The summed E-state index contributed by atoms with van der Waals surface area (Å²) in [7, 11) is 0. The normalized spacial score (nSPS) is 10.9. The SMILES string of the molecule is Cc1nc2ccccc2n(CCSc2ccccc2)c1=O. The Morgan fingerprint density at radius 1 is 1.05 bits per heavy atom. The van der Waals surface area contributed by atoms with Gasteiger partial charge in [0.25, 0.3) is 5.56 Å². The molecule has 0 saturated heterocycles. The minimum atomic E-state index is 0.00219. The number of hydrogen-bond donors (Lipinski definition) is 0. The van der Waals surface area contributed by atoms with Crippen LogP contribution in [0.2, 0.25) is 0 Å². The van der Waals surface area contributed by atoms with Crippen molar-refractivity contribution in [3.63, 3.8) is 0 Å². The van der Waals surface area contributed by atoms with E-state index in [1.54, 1.807) is 18.7 Å². The van der Waals surface area contributed by atoms with Gasteiger partial charge in [0.15, 0.2) is 0 Å². The molecule has 1 aromatic heterocycles. The Labute approximate surface area is 127 Å². The van der Waals surface area contributed by atoms with Gasteiger partial charge in [-0.1, -0.05) is 30.3 Å². The van der Waals surface area contributed by atoms with Gasteiger partial charge in [-0.15, -0.1) is 11.8 Å². The first-order valence-corrected chi connectivity index (χ1v) is 7.88. The lowest BCUT2D eigenvalue weighted by Gasteiger charge is -2.10. The van der Waals surface area contributed by atoms with Gasteiger partial charge in [-0.2, -0.15) is 0 Å². The Morgan fingerprint density at radius 2 is 1.76 bits per heavy atom. The van der Waals surface area contributed by atoms with Crippen molar-refractivity contribution in [3.05, 3.63) is 70.6 Å². The first kappa shape index (κ1) is 13.9. The van der Waals surface area contributed by atoms with E-state index < -0.39 is 0 Å². The first-order chi connectivity index (χ1) is 10.3. The molecule has 0 N–H and O–H groups in total. The molecule has 0 unspecified atom stereocenters. The van der Waals surface area contributed by atoms with Crippen LogP contribution >= 0.6 is 11.8 Å². The maximum atomic E-state index is 12.3. The molecule has 3 nitrogen and oxygen atoms in total. The van der Waals surface area contributed by atoms with Crippen LogP contribution in [-0.2, 0) is 6.54 Å². The molecule has 0 aliphatic rings. The van der Waals surface area contributed by atoms with Gasteiger partial charge in [0, 0.05) is 17.2 Å². The molecule has 3 aromatic rings. The lowest BCUT2D eigenvalue weighted by atomic mass is 10.3. The van der Waals surface area contributed by atoms with Crippen LogP contribution in [0, 0.1) is 6.92 Å². The third-order valence-corrected chi connectivity index (χ3v) is 4.33. The Bertz CT molecular complexity index is 812. The number of thioether (sulfide) groups is 1. The summed E-state index contributed by atoms with van der Waals surface area (Å²) in [5.41, 5.74) is 2.34. The molecule has 0 aliphatic carbocycles. The van der Waals surface area contributed by atoms with Crippen molar-refractivity contribution in [3.8, 4) is 0 Å². The summed E-state index contributed by atoms with van der Waals surface area (Å²) < 4.78 is 1.83. The van der Waals surface area contributed by atoms with E-state index in [2.05, 4.69) is 17.1 Å². The van der Waals surface area contributed by atoms with Crippen LogP contribution in [0.4, 0.5) is 0 Å². The summed E-state index contributed by atoms with van der Waals surface area (Å²) in [6, 6.07) is 18.0. The van der Waals surface area contributed by atoms with Crippen molar-refractivity contribution < 1.29 is 0 Å². The van der Waals surface area contributed by atoms with E-state index in [4.69, 9.17) is 0 Å². The maximum Gasteiger partial charge on any atom is 0.272 e. The lowest BCUT2D eigenvalue weighted by Crippen LogP contribution is -2.25. The number of aromatic nitrogens is 2. The molecule has 0 amide bonds. The van der Waals surface area contributed by atoms with Gasteiger partial charge in [-0.05, 0) is 31.2 Å². The van der Waals surface area contributed by atoms with Crippen molar-refractivity contribution in [1.29, 1.82) is 0 Å². The van der Waals surface area contributed by atoms with Crippen LogP contribution in [0.25, 0.3) is 11.0 Å². The zero-order chi connectivity index (χ0) is 14.7. The van der Waals surface area contributed by atoms with Crippen LogP contribution in [0.1, 0.15) is 5.69 Å². The average molecular weight is 296 g/mol. The second-order valence-electron chi connectivity index (χ2n) is 4.80. The molecular formula is C17H16N2OS. The van der Waals surface area contributed by atoms with Gasteiger partial charge >= 0.3 is 0 Å². The van der Waals surface area contributed by atoms with Gasteiger partial charge in [0.05, 0.1) is 11.0 Å². The second kappa shape index (κ2) is 6.14. The molecule has 0 radical (unpaired) electrons. The van der Waals surface area contributed by atoms with Gasteiger partial charge < -0.3 is 4.57 Å². The number of benzene rings is 2. The van der Waals surface area contributed by atoms with Crippen molar-refractivity contribution in [2.24, 2.45) is 0 Å². The molecule has 0 bridgehead atoms. The van der Waals surface area contributed by atoms with E-state index in [0.29, 0.717) is 12.2 Å². The highest BCUT2D eigenvalue weighted by molar-refractivity contribution is 7.99. The number of para-hydroxylation sites is 2. The summed E-state index contributed by atoms with van der Waals surface area (Å²) in [5.74, 6) is 0.858. The first-order valence-electron chi connectivity index (χ1n) is 6.90. The molecule has 4 heteroatoms. The topological polar surface area (TPSA) is 34.9 Å². The molecule has 1 heterocycles. The van der Waals surface area contributed by atoms with Gasteiger partial charge in [0.1, 0.15) is 5.69 Å². The van der Waals surface area contributed by atoms with Gasteiger partial charge in [0.2, 0.25) is 0 Å². The van der Waals surface area contributed by atoms with E-state index in [1.807, 2.05) is 47.0 Å². The van der Waals surface area contributed by atoms with Gasteiger partial charge in [-0.3, -0.25) is 4.79 Å². The quantitative estimate of drug-likeness (QED) is 0.691. The molecule has 0 saturated carbocycles. The van der Waals surface area contributed by atoms with E-state index >= 15 is 0 Å². The molecular weight excluding hydrogens is 280 g/mol. The number of rotatable bonds is 4. The van der Waals surface area contributed by atoms with Crippen LogP contribution in [0.3, 0.4) is 0 Å². The smallest absolute Gasteiger partial charge is 0.272 e. The van der Waals surface area contributed by atoms with Crippen LogP contribution in [-0.4, -0.2) is 15.3 Å². The highest BCUT2D eigenvalue weighted by Crippen LogP contribution is 2.18. The predicted molar refractivity (Wildman–Crippen MR) is 87.9 cm³/mol. The van der Waals surface area contributed by atoms with Crippen molar-refractivity contribution in [1.82, 2.24) is 9.55 Å². The summed E-state index contributed by atoms with van der Waals surface area (Å²) in [4.78, 5) is 17.9. The molecule has 0 aliphatic heterocycles. The third kappa shape index (κ3) is 3.00. The zero-order valence-corrected chi connectivity index (χ0v) is 12.6. The summed E-state index contributed by atoms with van der Waals surface area (Å²) in [5, 5.41) is 0. The molecule has 21 heavy (non-hydrogen) atoms. The molecule has 3 rings (SSSR count). The number of fused-ring (bicyclic) bond motifs is 1. The molecule has 0 atom stereocenters. The molecule has 0 spiro atoms. The van der Waals surface area contributed by atoms with Crippen molar-refractivity contribution in [2.75, 3.05) is 5.75 Å². The van der Waals surface area contributed by atoms with Crippen molar-refractivity contribution in [2.45, 2.75) is 18.4 Å². The van der Waals surface area contributed by atoms with Gasteiger partial charge in [-0.25, -0.2) is 4.98 Å². The second-order valence-corrected chi connectivity index (χ2v) is 5.97. The molecule has 106 valence electrons. The minimum Gasteiger partial charge on any atom is -0.304 e.